The van der Waals surface area contributed by atoms with Gasteiger partial charge < -0.3 is 15.0 Å². The average molecular weight is 253 g/mol. The van der Waals surface area contributed by atoms with E-state index in [0.717, 1.165) is 5.69 Å². The SMILES string of the molecule is CCOCCc1nc(CNC(C)(C)C)cc(=O)[nH]1. The molecule has 0 aliphatic rings. The van der Waals surface area contributed by atoms with E-state index in [4.69, 9.17) is 4.74 Å². The zero-order chi connectivity index (χ0) is 13.6. The molecule has 102 valence electrons. The lowest BCUT2D eigenvalue weighted by Gasteiger charge is -2.20. The third kappa shape index (κ3) is 5.93. The van der Waals surface area contributed by atoms with Crippen molar-refractivity contribution in [1.82, 2.24) is 15.3 Å². The Morgan fingerprint density at radius 2 is 2.17 bits per heavy atom. The maximum absolute atomic E-state index is 11.5. The molecule has 1 aromatic heterocycles. The van der Waals surface area contributed by atoms with Crippen LogP contribution in [0.1, 0.15) is 39.2 Å². The molecule has 0 saturated heterocycles. The van der Waals surface area contributed by atoms with Gasteiger partial charge in [0, 0.05) is 31.2 Å². The molecule has 0 saturated carbocycles. The lowest BCUT2D eigenvalue weighted by atomic mass is 10.1. The average Bonchev–Trinajstić information content (AvgIpc) is 2.25. The molecule has 5 heteroatoms. The van der Waals surface area contributed by atoms with E-state index in [2.05, 4.69) is 36.1 Å². The van der Waals surface area contributed by atoms with Gasteiger partial charge in [-0.25, -0.2) is 4.98 Å². The van der Waals surface area contributed by atoms with Crippen LogP contribution in [0.5, 0.6) is 0 Å². The van der Waals surface area contributed by atoms with E-state index in [1.807, 2.05) is 6.92 Å². The minimum absolute atomic E-state index is 0.00969. The van der Waals surface area contributed by atoms with E-state index >= 15 is 0 Å². The normalized spacial score (nSPS) is 11.8. The molecule has 0 atom stereocenters. The maximum atomic E-state index is 11.5. The summed E-state index contributed by atoms with van der Waals surface area (Å²) >= 11 is 0. The van der Waals surface area contributed by atoms with E-state index in [9.17, 15) is 4.79 Å². The highest BCUT2D eigenvalue weighted by Crippen LogP contribution is 2.01. The number of aromatic amines is 1. The molecule has 0 aliphatic carbocycles. The van der Waals surface area contributed by atoms with Crippen molar-refractivity contribution in [2.45, 2.75) is 46.2 Å². The van der Waals surface area contributed by atoms with E-state index in [0.29, 0.717) is 32.0 Å². The number of rotatable bonds is 6. The summed E-state index contributed by atoms with van der Waals surface area (Å²) in [6.07, 6.45) is 0.631. The zero-order valence-corrected chi connectivity index (χ0v) is 11.7. The predicted octanol–water partition coefficient (Wildman–Crippen LogP) is 1.24. The van der Waals surface area contributed by atoms with Crippen LogP contribution in [0.4, 0.5) is 0 Å². The Balaban J connectivity index is 2.65. The number of aromatic nitrogens is 2. The number of ether oxygens (including phenoxy) is 1. The Bertz CT molecular complexity index is 421. The molecule has 0 aliphatic heterocycles. The third-order valence-electron chi connectivity index (χ3n) is 2.33. The Morgan fingerprint density at radius 3 is 2.78 bits per heavy atom. The molecule has 1 rings (SSSR count). The monoisotopic (exact) mass is 253 g/mol. The molecule has 18 heavy (non-hydrogen) atoms. The summed E-state index contributed by atoms with van der Waals surface area (Å²) in [7, 11) is 0. The second kappa shape index (κ2) is 6.66. The molecule has 0 aromatic carbocycles. The first-order chi connectivity index (χ1) is 8.40. The minimum Gasteiger partial charge on any atom is -0.381 e. The molecular weight excluding hydrogens is 230 g/mol. The first-order valence-corrected chi connectivity index (χ1v) is 6.32. The van der Waals surface area contributed by atoms with E-state index < -0.39 is 0 Å². The first kappa shape index (κ1) is 14.9. The highest BCUT2D eigenvalue weighted by Gasteiger charge is 2.09. The van der Waals surface area contributed by atoms with Crippen LogP contribution < -0.4 is 10.9 Å². The van der Waals surface area contributed by atoms with Crippen molar-refractivity contribution in [3.63, 3.8) is 0 Å². The van der Waals surface area contributed by atoms with Crippen molar-refractivity contribution in [1.29, 1.82) is 0 Å². The van der Waals surface area contributed by atoms with Crippen LogP contribution in [-0.2, 0) is 17.7 Å². The van der Waals surface area contributed by atoms with E-state index in [1.54, 1.807) is 0 Å². The van der Waals surface area contributed by atoms with E-state index in [1.165, 1.54) is 6.07 Å². The molecule has 0 amide bonds. The first-order valence-electron chi connectivity index (χ1n) is 6.32. The van der Waals surface area contributed by atoms with Crippen molar-refractivity contribution < 1.29 is 4.74 Å². The van der Waals surface area contributed by atoms with Gasteiger partial charge in [-0.1, -0.05) is 0 Å². The number of nitrogens with one attached hydrogen (secondary N) is 2. The van der Waals surface area contributed by atoms with Crippen molar-refractivity contribution in [2.24, 2.45) is 0 Å². The lowest BCUT2D eigenvalue weighted by molar-refractivity contribution is 0.149. The zero-order valence-electron chi connectivity index (χ0n) is 11.7. The second-order valence-electron chi connectivity index (χ2n) is 5.23. The van der Waals surface area contributed by atoms with Crippen LogP contribution in [0.3, 0.4) is 0 Å². The van der Waals surface area contributed by atoms with Crippen LogP contribution in [-0.4, -0.2) is 28.7 Å². The number of hydrogen-bond acceptors (Lipinski definition) is 4. The smallest absolute Gasteiger partial charge is 0.251 e. The summed E-state index contributed by atoms with van der Waals surface area (Å²) in [4.78, 5) is 18.6. The number of nitrogens with zero attached hydrogens (tertiary/aromatic N) is 1. The molecule has 0 spiro atoms. The van der Waals surface area contributed by atoms with Crippen LogP contribution in [0.25, 0.3) is 0 Å². The highest BCUT2D eigenvalue weighted by molar-refractivity contribution is 5.03. The summed E-state index contributed by atoms with van der Waals surface area (Å²) in [5.74, 6) is 0.682. The molecule has 1 heterocycles. The number of hydrogen-bond donors (Lipinski definition) is 2. The minimum atomic E-state index is -0.109. The van der Waals surface area contributed by atoms with Crippen molar-refractivity contribution in [2.75, 3.05) is 13.2 Å². The largest absolute Gasteiger partial charge is 0.381 e. The summed E-state index contributed by atoms with van der Waals surface area (Å²) in [6, 6.07) is 1.53. The summed E-state index contributed by atoms with van der Waals surface area (Å²) in [6.45, 7) is 10.0. The molecule has 0 radical (unpaired) electrons. The topological polar surface area (TPSA) is 67.0 Å². The second-order valence-corrected chi connectivity index (χ2v) is 5.23. The van der Waals surface area contributed by atoms with Gasteiger partial charge in [0.1, 0.15) is 5.82 Å². The Hall–Kier alpha value is -1.20. The van der Waals surface area contributed by atoms with Gasteiger partial charge >= 0.3 is 0 Å². The molecular formula is C13H23N3O2. The summed E-state index contributed by atoms with van der Waals surface area (Å²) in [5.41, 5.74) is 0.665. The molecule has 2 N–H and O–H groups in total. The number of H-pyrrole nitrogens is 1. The van der Waals surface area contributed by atoms with Crippen LogP contribution in [0, 0.1) is 0 Å². The van der Waals surface area contributed by atoms with Gasteiger partial charge in [-0.05, 0) is 27.7 Å². The maximum Gasteiger partial charge on any atom is 0.251 e. The predicted molar refractivity (Wildman–Crippen MR) is 71.6 cm³/mol. The molecule has 0 bridgehead atoms. The fourth-order valence-electron chi connectivity index (χ4n) is 1.44. The Morgan fingerprint density at radius 1 is 1.44 bits per heavy atom. The van der Waals surface area contributed by atoms with Crippen molar-refractivity contribution in [3.8, 4) is 0 Å². The Kier molecular flexibility index (Phi) is 5.50. The van der Waals surface area contributed by atoms with Crippen LogP contribution in [0.15, 0.2) is 10.9 Å². The summed E-state index contributed by atoms with van der Waals surface area (Å²) in [5, 5.41) is 3.31. The third-order valence-corrected chi connectivity index (χ3v) is 2.33. The standard InChI is InChI=1S/C13H23N3O2/c1-5-18-7-6-11-15-10(8-12(17)16-11)9-14-13(2,3)4/h8,14H,5-7,9H2,1-4H3,(H,15,16,17). The molecule has 1 aromatic rings. The molecule has 0 unspecified atom stereocenters. The Labute approximate surface area is 108 Å². The fourth-order valence-corrected chi connectivity index (χ4v) is 1.44. The van der Waals surface area contributed by atoms with E-state index in [-0.39, 0.29) is 11.1 Å². The van der Waals surface area contributed by atoms with Crippen LogP contribution in [0.2, 0.25) is 0 Å². The van der Waals surface area contributed by atoms with Gasteiger partial charge in [0.05, 0.1) is 12.3 Å². The van der Waals surface area contributed by atoms with Gasteiger partial charge in [-0.3, -0.25) is 4.79 Å². The lowest BCUT2D eigenvalue weighted by Crippen LogP contribution is -2.35. The van der Waals surface area contributed by atoms with Crippen molar-refractivity contribution in [3.05, 3.63) is 27.9 Å². The highest BCUT2D eigenvalue weighted by atomic mass is 16.5. The van der Waals surface area contributed by atoms with Gasteiger partial charge in [-0.2, -0.15) is 0 Å². The quantitative estimate of drug-likeness (QED) is 0.748. The molecule has 0 fully saturated rings. The van der Waals surface area contributed by atoms with Crippen LogP contribution >= 0.6 is 0 Å². The summed E-state index contributed by atoms with van der Waals surface area (Å²) < 4.78 is 5.25. The van der Waals surface area contributed by atoms with Gasteiger partial charge in [0.2, 0.25) is 0 Å². The van der Waals surface area contributed by atoms with Gasteiger partial charge in [0.25, 0.3) is 5.56 Å². The molecule has 5 nitrogen and oxygen atoms in total. The van der Waals surface area contributed by atoms with Gasteiger partial charge in [0.15, 0.2) is 0 Å². The fraction of sp³-hybridized carbons (Fsp3) is 0.692. The van der Waals surface area contributed by atoms with Gasteiger partial charge in [-0.15, -0.1) is 0 Å². The van der Waals surface area contributed by atoms with Crippen molar-refractivity contribution >= 4 is 0 Å².